The molecule has 0 bridgehead atoms. The Morgan fingerprint density at radius 1 is 0.818 bits per heavy atom. The van der Waals surface area contributed by atoms with Gasteiger partial charge in [-0.05, 0) is 0 Å². The van der Waals surface area contributed by atoms with Crippen LogP contribution in [-0.4, -0.2) is 17.6 Å². The van der Waals surface area contributed by atoms with E-state index in [0.717, 1.165) is 11.9 Å². The third-order valence-corrected chi connectivity index (χ3v) is 4.87. The first kappa shape index (κ1) is 14.8. The average molecular weight is 306 g/mol. The highest BCUT2D eigenvalue weighted by atomic mass is 28.3. The van der Waals surface area contributed by atoms with Gasteiger partial charge in [0.15, 0.2) is 0 Å². The fourth-order valence-electron chi connectivity index (χ4n) is 2.72. The van der Waals surface area contributed by atoms with Crippen molar-refractivity contribution in [1.82, 2.24) is 9.55 Å². The highest BCUT2D eigenvalue weighted by Crippen LogP contribution is 2.31. The minimum absolute atomic E-state index is 1.07. The summed E-state index contributed by atoms with van der Waals surface area (Å²) in [6, 6.07) is 21.0. The highest BCUT2D eigenvalue weighted by molar-refractivity contribution is 6.75. The molecule has 1 heterocycles. The molecule has 112 valence electrons. The Morgan fingerprint density at radius 2 is 1.36 bits per heavy atom. The van der Waals surface area contributed by atoms with Gasteiger partial charge in [-0.3, -0.25) is 0 Å². The van der Waals surface area contributed by atoms with E-state index in [4.69, 9.17) is 4.98 Å². The Morgan fingerprint density at radius 3 is 1.91 bits per heavy atom. The molecule has 2 aromatic carbocycles. The van der Waals surface area contributed by atoms with Gasteiger partial charge < -0.3 is 4.57 Å². The van der Waals surface area contributed by atoms with Gasteiger partial charge in [0.05, 0.1) is 25.8 Å². The van der Waals surface area contributed by atoms with Gasteiger partial charge in [-0.1, -0.05) is 80.3 Å². The molecule has 3 heteroatoms. The summed E-state index contributed by atoms with van der Waals surface area (Å²) in [4.78, 5) is 4.73. The average Bonchev–Trinajstić information content (AvgIpc) is 2.90. The molecule has 0 aliphatic rings. The topological polar surface area (TPSA) is 17.8 Å². The molecule has 0 aliphatic heterocycles. The summed E-state index contributed by atoms with van der Waals surface area (Å²) in [5.41, 5.74) is 4.71. The summed E-state index contributed by atoms with van der Waals surface area (Å²) in [5.74, 6) is 0. The number of nitrogens with zero attached hydrogens (tertiary/aromatic N) is 2. The van der Waals surface area contributed by atoms with Crippen LogP contribution < -0.4 is 0 Å². The smallest absolute Gasteiger partial charge is 0.0963 e. The molecule has 0 N–H and O–H groups in total. The molecule has 0 saturated heterocycles. The molecule has 0 saturated carbocycles. The molecule has 3 aromatic rings. The van der Waals surface area contributed by atoms with Crippen LogP contribution in [0.4, 0.5) is 0 Å². The largest absolute Gasteiger partial charge is 0.333 e. The van der Waals surface area contributed by atoms with Crippen LogP contribution in [0.15, 0.2) is 67.0 Å². The first-order valence-corrected chi connectivity index (χ1v) is 11.4. The Labute approximate surface area is 133 Å². The number of hydrogen-bond donors (Lipinski definition) is 0. The van der Waals surface area contributed by atoms with E-state index in [1.807, 2.05) is 12.4 Å². The molecule has 3 rings (SSSR count). The van der Waals surface area contributed by atoms with Crippen LogP contribution in [0.3, 0.4) is 0 Å². The second-order valence-electron chi connectivity index (χ2n) is 6.86. The number of rotatable bonds is 4. The van der Waals surface area contributed by atoms with E-state index >= 15 is 0 Å². The Bertz CT molecular complexity index is 740. The SMILES string of the molecule is C[Si](C)(C)Cn1cnc(-c2ccccc2)c1-c1ccccc1. The highest BCUT2D eigenvalue weighted by Gasteiger charge is 2.20. The van der Waals surface area contributed by atoms with Gasteiger partial charge in [-0.15, -0.1) is 0 Å². The lowest BCUT2D eigenvalue weighted by Crippen LogP contribution is -2.28. The van der Waals surface area contributed by atoms with Crippen LogP contribution in [0, 0.1) is 0 Å². The second kappa shape index (κ2) is 5.93. The van der Waals surface area contributed by atoms with Crippen LogP contribution in [-0.2, 0) is 6.17 Å². The van der Waals surface area contributed by atoms with Crippen molar-refractivity contribution in [3.63, 3.8) is 0 Å². The number of hydrogen-bond acceptors (Lipinski definition) is 1. The van der Waals surface area contributed by atoms with Crippen LogP contribution >= 0.6 is 0 Å². The summed E-state index contributed by atoms with van der Waals surface area (Å²) in [5, 5.41) is 0. The van der Waals surface area contributed by atoms with Crippen molar-refractivity contribution in [2.75, 3.05) is 0 Å². The zero-order chi connectivity index (χ0) is 15.6. The summed E-state index contributed by atoms with van der Waals surface area (Å²) >= 11 is 0. The van der Waals surface area contributed by atoms with E-state index in [1.54, 1.807) is 0 Å². The third kappa shape index (κ3) is 3.20. The van der Waals surface area contributed by atoms with Gasteiger partial charge in [0, 0.05) is 17.3 Å². The van der Waals surface area contributed by atoms with Crippen molar-refractivity contribution >= 4 is 8.07 Å². The van der Waals surface area contributed by atoms with Crippen LogP contribution in [0.2, 0.25) is 19.6 Å². The molecule has 0 atom stereocenters. The third-order valence-electron chi connectivity index (χ3n) is 3.58. The quantitative estimate of drug-likeness (QED) is 0.614. The number of aromatic nitrogens is 2. The monoisotopic (exact) mass is 306 g/mol. The molecule has 0 spiro atoms. The minimum Gasteiger partial charge on any atom is -0.333 e. The zero-order valence-corrected chi connectivity index (χ0v) is 14.5. The molecule has 22 heavy (non-hydrogen) atoms. The predicted octanol–water partition coefficient (Wildman–Crippen LogP) is 5.09. The van der Waals surface area contributed by atoms with Gasteiger partial charge in [0.1, 0.15) is 0 Å². The van der Waals surface area contributed by atoms with Crippen molar-refractivity contribution in [3.05, 3.63) is 67.0 Å². The van der Waals surface area contributed by atoms with E-state index in [9.17, 15) is 0 Å². The summed E-state index contributed by atoms with van der Waals surface area (Å²) in [6.45, 7) is 7.18. The Kier molecular flexibility index (Phi) is 3.99. The van der Waals surface area contributed by atoms with Crippen LogP contribution in [0.25, 0.3) is 22.5 Å². The van der Waals surface area contributed by atoms with E-state index < -0.39 is 8.07 Å². The fraction of sp³-hybridized carbons (Fsp3) is 0.211. The lowest BCUT2D eigenvalue weighted by molar-refractivity contribution is 0.859. The molecule has 0 unspecified atom stereocenters. The Balaban J connectivity index is 2.16. The molecule has 0 aliphatic carbocycles. The van der Waals surface area contributed by atoms with Crippen LogP contribution in [0.5, 0.6) is 0 Å². The lowest BCUT2D eigenvalue weighted by atomic mass is 10.1. The summed E-state index contributed by atoms with van der Waals surface area (Å²) < 4.78 is 2.34. The van der Waals surface area contributed by atoms with Gasteiger partial charge in [0.25, 0.3) is 0 Å². The molecule has 2 nitrogen and oxygen atoms in total. The first-order valence-electron chi connectivity index (χ1n) is 7.70. The van der Waals surface area contributed by atoms with Gasteiger partial charge >= 0.3 is 0 Å². The van der Waals surface area contributed by atoms with Crippen molar-refractivity contribution in [1.29, 1.82) is 0 Å². The predicted molar refractivity (Wildman–Crippen MR) is 96.4 cm³/mol. The standard InChI is InChI=1S/C19H22N2Si/c1-22(2,3)15-21-14-20-18(16-10-6-4-7-11-16)19(21)17-12-8-5-9-13-17/h4-14H,15H2,1-3H3. The Hall–Kier alpha value is -2.13. The molecule has 0 radical (unpaired) electrons. The van der Waals surface area contributed by atoms with Crippen molar-refractivity contribution in [2.45, 2.75) is 25.8 Å². The van der Waals surface area contributed by atoms with Crippen molar-refractivity contribution in [3.8, 4) is 22.5 Å². The van der Waals surface area contributed by atoms with E-state index in [-0.39, 0.29) is 0 Å². The minimum atomic E-state index is -1.23. The van der Waals surface area contributed by atoms with Crippen molar-refractivity contribution in [2.24, 2.45) is 0 Å². The maximum atomic E-state index is 4.73. The molecular formula is C19H22N2Si. The van der Waals surface area contributed by atoms with Gasteiger partial charge in [0.2, 0.25) is 0 Å². The van der Waals surface area contributed by atoms with Crippen molar-refractivity contribution < 1.29 is 0 Å². The molecule has 0 amide bonds. The van der Waals surface area contributed by atoms with E-state index in [1.165, 1.54) is 16.8 Å². The van der Waals surface area contributed by atoms with Crippen LogP contribution in [0.1, 0.15) is 0 Å². The van der Waals surface area contributed by atoms with Gasteiger partial charge in [-0.25, -0.2) is 4.98 Å². The maximum absolute atomic E-state index is 4.73. The zero-order valence-electron chi connectivity index (χ0n) is 13.5. The maximum Gasteiger partial charge on any atom is 0.0963 e. The normalized spacial score (nSPS) is 11.6. The number of imidazole rings is 1. The summed E-state index contributed by atoms with van der Waals surface area (Å²) in [6.07, 6.45) is 3.08. The molecule has 0 fully saturated rings. The lowest BCUT2D eigenvalue weighted by Gasteiger charge is -2.19. The second-order valence-corrected chi connectivity index (χ2v) is 12.3. The first-order chi connectivity index (χ1) is 10.5. The summed E-state index contributed by atoms with van der Waals surface area (Å²) in [7, 11) is -1.23. The van der Waals surface area contributed by atoms with Gasteiger partial charge in [-0.2, -0.15) is 0 Å². The van der Waals surface area contributed by atoms with E-state index in [0.29, 0.717) is 0 Å². The molecule has 1 aromatic heterocycles. The number of benzene rings is 2. The fourth-order valence-corrected chi connectivity index (χ4v) is 3.98. The van der Waals surface area contributed by atoms with E-state index in [2.05, 4.69) is 78.8 Å². The molecular weight excluding hydrogens is 284 g/mol.